The summed E-state index contributed by atoms with van der Waals surface area (Å²) in [4.78, 5) is 4.75. The first-order valence-corrected chi connectivity index (χ1v) is 7.20. The molecule has 0 bridgehead atoms. The van der Waals surface area contributed by atoms with Gasteiger partial charge in [-0.05, 0) is 60.3 Å². The molecule has 102 valence electrons. The number of nitrogens with one attached hydrogen (secondary N) is 1. The SMILES string of the molecule is Cc1nc2c(n1C(C)CNC(C)(C)C)CCCC2. The van der Waals surface area contributed by atoms with Crippen LogP contribution in [0.5, 0.6) is 0 Å². The molecule has 1 aromatic heterocycles. The molecular formula is C15H27N3. The summed E-state index contributed by atoms with van der Waals surface area (Å²) in [7, 11) is 0. The van der Waals surface area contributed by atoms with E-state index in [1.54, 1.807) is 0 Å². The van der Waals surface area contributed by atoms with Crippen LogP contribution in [-0.2, 0) is 12.8 Å². The lowest BCUT2D eigenvalue weighted by Crippen LogP contribution is -2.39. The van der Waals surface area contributed by atoms with E-state index in [9.17, 15) is 0 Å². The Morgan fingerprint density at radius 2 is 1.94 bits per heavy atom. The van der Waals surface area contributed by atoms with Crippen LogP contribution in [0.4, 0.5) is 0 Å². The number of hydrogen-bond acceptors (Lipinski definition) is 2. The Kier molecular flexibility index (Phi) is 3.81. The first-order valence-electron chi connectivity index (χ1n) is 7.20. The summed E-state index contributed by atoms with van der Waals surface area (Å²) >= 11 is 0. The molecule has 18 heavy (non-hydrogen) atoms. The monoisotopic (exact) mass is 249 g/mol. The van der Waals surface area contributed by atoms with Crippen LogP contribution in [-0.4, -0.2) is 21.6 Å². The average molecular weight is 249 g/mol. The van der Waals surface area contributed by atoms with Crippen molar-refractivity contribution in [2.45, 2.75) is 71.9 Å². The van der Waals surface area contributed by atoms with E-state index in [2.05, 4.69) is 44.5 Å². The standard InChI is InChI=1S/C15H27N3/c1-11(10-16-15(3,4)5)18-12(2)17-13-8-6-7-9-14(13)18/h11,16H,6-10H2,1-5H3. The number of aromatic nitrogens is 2. The van der Waals surface area contributed by atoms with Gasteiger partial charge in [-0.2, -0.15) is 0 Å². The molecule has 1 N–H and O–H groups in total. The fourth-order valence-corrected chi connectivity index (χ4v) is 2.83. The summed E-state index contributed by atoms with van der Waals surface area (Å²) in [5, 5.41) is 3.60. The molecule has 1 aromatic rings. The number of nitrogens with zero attached hydrogens (tertiary/aromatic N) is 2. The van der Waals surface area contributed by atoms with Gasteiger partial charge < -0.3 is 9.88 Å². The molecule has 1 heterocycles. The van der Waals surface area contributed by atoms with Gasteiger partial charge in [0.05, 0.1) is 5.69 Å². The molecule has 1 atom stereocenters. The van der Waals surface area contributed by atoms with E-state index in [4.69, 9.17) is 4.98 Å². The predicted octanol–water partition coefficient (Wildman–Crippen LogP) is 3.02. The van der Waals surface area contributed by atoms with Crippen LogP contribution >= 0.6 is 0 Å². The lowest BCUT2D eigenvalue weighted by Gasteiger charge is -2.26. The number of imidazole rings is 1. The Hall–Kier alpha value is -0.830. The van der Waals surface area contributed by atoms with E-state index in [1.165, 1.54) is 42.9 Å². The van der Waals surface area contributed by atoms with Crippen LogP contribution in [0.2, 0.25) is 0 Å². The normalized spacial score (nSPS) is 17.6. The van der Waals surface area contributed by atoms with Crippen molar-refractivity contribution in [1.29, 1.82) is 0 Å². The molecule has 1 unspecified atom stereocenters. The van der Waals surface area contributed by atoms with Crippen molar-refractivity contribution in [1.82, 2.24) is 14.9 Å². The molecule has 1 aliphatic carbocycles. The highest BCUT2D eigenvalue weighted by Crippen LogP contribution is 2.25. The lowest BCUT2D eigenvalue weighted by molar-refractivity contribution is 0.371. The minimum absolute atomic E-state index is 0.183. The molecule has 0 aliphatic heterocycles. The van der Waals surface area contributed by atoms with E-state index in [-0.39, 0.29) is 5.54 Å². The topological polar surface area (TPSA) is 29.9 Å². The third kappa shape index (κ3) is 2.94. The predicted molar refractivity (Wildman–Crippen MR) is 76.1 cm³/mol. The number of hydrogen-bond donors (Lipinski definition) is 1. The molecule has 0 amide bonds. The van der Waals surface area contributed by atoms with Gasteiger partial charge in [0, 0.05) is 23.8 Å². The summed E-state index contributed by atoms with van der Waals surface area (Å²) < 4.78 is 2.45. The molecular weight excluding hydrogens is 222 g/mol. The van der Waals surface area contributed by atoms with Gasteiger partial charge in [-0.25, -0.2) is 4.98 Å². The van der Waals surface area contributed by atoms with Gasteiger partial charge in [-0.3, -0.25) is 0 Å². The Balaban J connectivity index is 2.14. The largest absolute Gasteiger partial charge is 0.328 e. The highest BCUT2D eigenvalue weighted by atomic mass is 15.1. The summed E-state index contributed by atoms with van der Waals surface area (Å²) in [6.07, 6.45) is 4.99. The molecule has 3 nitrogen and oxygen atoms in total. The summed E-state index contributed by atoms with van der Waals surface area (Å²) in [5.74, 6) is 1.19. The Morgan fingerprint density at radius 3 is 2.61 bits per heavy atom. The minimum Gasteiger partial charge on any atom is -0.328 e. The highest BCUT2D eigenvalue weighted by Gasteiger charge is 2.21. The van der Waals surface area contributed by atoms with Crippen LogP contribution in [0.1, 0.15) is 63.8 Å². The average Bonchev–Trinajstić information content (AvgIpc) is 2.61. The second-order valence-electron chi connectivity index (χ2n) is 6.61. The van der Waals surface area contributed by atoms with E-state index in [1.807, 2.05) is 0 Å². The van der Waals surface area contributed by atoms with Crippen LogP contribution < -0.4 is 5.32 Å². The zero-order chi connectivity index (χ0) is 13.3. The van der Waals surface area contributed by atoms with Crippen molar-refractivity contribution in [3.63, 3.8) is 0 Å². The van der Waals surface area contributed by atoms with Crippen molar-refractivity contribution in [2.75, 3.05) is 6.54 Å². The fraction of sp³-hybridized carbons (Fsp3) is 0.800. The molecule has 2 rings (SSSR count). The van der Waals surface area contributed by atoms with Crippen LogP contribution in [0.3, 0.4) is 0 Å². The number of rotatable bonds is 3. The van der Waals surface area contributed by atoms with Gasteiger partial charge in [0.1, 0.15) is 5.82 Å². The van der Waals surface area contributed by atoms with Crippen LogP contribution in [0, 0.1) is 6.92 Å². The Labute approximate surface area is 111 Å². The second kappa shape index (κ2) is 5.04. The van der Waals surface area contributed by atoms with Gasteiger partial charge >= 0.3 is 0 Å². The van der Waals surface area contributed by atoms with Gasteiger partial charge in [-0.1, -0.05) is 0 Å². The number of aryl methyl sites for hydroxylation is 2. The molecule has 0 radical (unpaired) electrons. The molecule has 0 aromatic carbocycles. The molecule has 0 fully saturated rings. The van der Waals surface area contributed by atoms with Gasteiger partial charge in [0.25, 0.3) is 0 Å². The van der Waals surface area contributed by atoms with E-state index in [0.29, 0.717) is 6.04 Å². The summed E-state index contributed by atoms with van der Waals surface area (Å²) in [5.41, 5.74) is 3.02. The zero-order valence-electron chi connectivity index (χ0n) is 12.5. The van der Waals surface area contributed by atoms with Gasteiger partial charge in [0.15, 0.2) is 0 Å². The number of fused-ring (bicyclic) bond motifs is 1. The van der Waals surface area contributed by atoms with Gasteiger partial charge in [0.2, 0.25) is 0 Å². The van der Waals surface area contributed by atoms with E-state index >= 15 is 0 Å². The molecule has 1 aliphatic rings. The van der Waals surface area contributed by atoms with E-state index < -0.39 is 0 Å². The molecule has 0 spiro atoms. The minimum atomic E-state index is 0.183. The first-order chi connectivity index (χ1) is 8.38. The zero-order valence-corrected chi connectivity index (χ0v) is 12.5. The fourth-order valence-electron chi connectivity index (χ4n) is 2.83. The maximum absolute atomic E-state index is 4.75. The smallest absolute Gasteiger partial charge is 0.106 e. The third-order valence-electron chi connectivity index (χ3n) is 3.72. The van der Waals surface area contributed by atoms with Crippen molar-refractivity contribution < 1.29 is 0 Å². The molecule has 3 heteroatoms. The first kappa shape index (κ1) is 13.6. The maximum atomic E-state index is 4.75. The van der Waals surface area contributed by atoms with Crippen molar-refractivity contribution in [3.05, 3.63) is 17.2 Å². The molecule has 0 saturated heterocycles. The summed E-state index contributed by atoms with van der Waals surface area (Å²) in [6.45, 7) is 12.1. The Morgan fingerprint density at radius 1 is 1.28 bits per heavy atom. The van der Waals surface area contributed by atoms with Crippen molar-refractivity contribution >= 4 is 0 Å². The summed E-state index contributed by atoms with van der Waals surface area (Å²) in [6, 6.07) is 0.485. The maximum Gasteiger partial charge on any atom is 0.106 e. The third-order valence-corrected chi connectivity index (χ3v) is 3.72. The molecule has 0 saturated carbocycles. The van der Waals surface area contributed by atoms with Crippen LogP contribution in [0.25, 0.3) is 0 Å². The van der Waals surface area contributed by atoms with Gasteiger partial charge in [-0.15, -0.1) is 0 Å². The lowest BCUT2D eigenvalue weighted by atomic mass is 10.0. The van der Waals surface area contributed by atoms with Crippen molar-refractivity contribution in [2.24, 2.45) is 0 Å². The second-order valence-corrected chi connectivity index (χ2v) is 6.61. The van der Waals surface area contributed by atoms with E-state index in [0.717, 1.165) is 6.54 Å². The Bertz CT molecular complexity index is 412. The van der Waals surface area contributed by atoms with Crippen LogP contribution in [0.15, 0.2) is 0 Å². The highest BCUT2D eigenvalue weighted by molar-refractivity contribution is 5.20. The van der Waals surface area contributed by atoms with Crippen molar-refractivity contribution in [3.8, 4) is 0 Å². The quantitative estimate of drug-likeness (QED) is 0.892.